The van der Waals surface area contributed by atoms with Crippen molar-refractivity contribution in [3.05, 3.63) is 105 Å². The van der Waals surface area contributed by atoms with Gasteiger partial charge in [0.1, 0.15) is 5.82 Å². The van der Waals surface area contributed by atoms with Crippen LogP contribution in [-0.2, 0) is 6.54 Å². The maximum atomic E-state index is 13.4. The summed E-state index contributed by atoms with van der Waals surface area (Å²) in [7, 11) is 0. The second kappa shape index (κ2) is 9.52. The second-order valence-electron chi connectivity index (χ2n) is 7.25. The van der Waals surface area contributed by atoms with Gasteiger partial charge >= 0.3 is 0 Å². The second-order valence-corrected chi connectivity index (χ2v) is 8.52. The van der Waals surface area contributed by atoms with Gasteiger partial charge < -0.3 is 0 Å². The molecular formula is C24H17ClN6O2S. The standard InChI is InChI=1S/C24H17ClN6O2S/c25-17-7-5-15(6-8-17)20-14-34-24(29-20)31-21(28-19-4-2-1-3-18(19)23(31)33)13-27-30-22(32)16-9-11-26-12-10-16/h1-12,14,27H,13H2,(H,30,32). The number of rotatable bonds is 6. The number of amides is 1. The predicted molar refractivity (Wildman–Crippen MR) is 132 cm³/mol. The van der Waals surface area contributed by atoms with Gasteiger partial charge in [-0.3, -0.25) is 20.0 Å². The van der Waals surface area contributed by atoms with Gasteiger partial charge in [-0.2, -0.15) is 0 Å². The van der Waals surface area contributed by atoms with Crippen LogP contribution in [0.5, 0.6) is 0 Å². The van der Waals surface area contributed by atoms with Gasteiger partial charge in [0.25, 0.3) is 11.5 Å². The van der Waals surface area contributed by atoms with Crippen molar-refractivity contribution in [2.45, 2.75) is 6.54 Å². The molecule has 0 aliphatic rings. The fourth-order valence-electron chi connectivity index (χ4n) is 3.39. The van der Waals surface area contributed by atoms with Crippen LogP contribution in [0.4, 0.5) is 0 Å². The molecule has 8 nitrogen and oxygen atoms in total. The average Bonchev–Trinajstić information content (AvgIpc) is 3.35. The molecule has 5 rings (SSSR count). The van der Waals surface area contributed by atoms with Crippen LogP contribution >= 0.6 is 22.9 Å². The first-order valence-electron chi connectivity index (χ1n) is 10.3. The van der Waals surface area contributed by atoms with Gasteiger partial charge in [-0.15, -0.1) is 11.3 Å². The largest absolute Gasteiger partial charge is 0.287 e. The van der Waals surface area contributed by atoms with Gasteiger partial charge in [-0.05, 0) is 36.4 Å². The van der Waals surface area contributed by atoms with Gasteiger partial charge in [0.05, 0.1) is 23.1 Å². The first-order valence-corrected chi connectivity index (χ1v) is 11.5. The van der Waals surface area contributed by atoms with E-state index in [0.717, 1.165) is 11.3 Å². The van der Waals surface area contributed by atoms with Crippen LogP contribution in [0.3, 0.4) is 0 Å². The molecule has 0 saturated heterocycles. The first kappa shape index (κ1) is 21.9. The molecule has 10 heteroatoms. The van der Waals surface area contributed by atoms with Crippen LogP contribution in [0.2, 0.25) is 5.02 Å². The van der Waals surface area contributed by atoms with Gasteiger partial charge in [-0.1, -0.05) is 35.9 Å². The van der Waals surface area contributed by atoms with Crippen LogP contribution < -0.4 is 16.4 Å². The maximum Gasteiger partial charge on any atom is 0.267 e. The molecule has 0 atom stereocenters. The molecule has 0 aliphatic carbocycles. The molecule has 2 aromatic carbocycles. The quantitative estimate of drug-likeness (QED) is 0.350. The summed E-state index contributed by atoms with van der Waals surface area (Å²) in [5.74, 6) is 0.0899. The predicted octanol–water partition coefficient (Wildman–Crippen LogP) is 3.99. The SMILES string of the molecule is O=C(NNCc1nc2ccccc2c(=O)n1-c1nc(-c2ccc(Cl)cc2)cs1)c1ccncc1. The molecule has 3 aromatic heterocycles. The van der Waals surface area contributed by atoms with E-state index in [1.165, 1.54) is 28.3 Å². The number of hydrazine groups is 1. The molecule has 34 heavy (non-hydrogen) atoms. The lowest BCUT2D eigenvalue weighted by molar-refractivity contribution is 0.0931. The monoisotopic (exact) mass is 488 g/mol. The van der Waals surface area contributed by atoms with Crippen LogP contribution in [-0.4, -0.2) is 25.4 Å². The van der Waals surface area contributed by atoms with Crippen LogP contribution in [0.15, 0.2) is 83.2 Å². The molecule has 2 N–H and O–H groups in total. The number of para-hydroxylation sites is 1. The topological polar surface area (TPSA) is 102 Å². The summed E-state index contributed by atoms with van der Waals surface area (Å²) in [6.45, 7) is 0.104. The van der Waals surface area contributed by atoms with Crippen molar-refractivity contribution in [3.8, 4) is 16.4 Å². The molecule has 0 fully saturated rings. The number of nitrogens with one attached hydrogen (secondary N) is 2. The van der Waals surface area contributed by atoms with E-state index in [1.54, 1.807) is 42.5 Å². The third-order valence-corrected chi connectivity index (χ3v) is 6.14. The smallest absolute Gasteiger partial charge is 0.267 e. The number of carbonyl (C=O) groups excluding carboxylic acids is 1. The molecule has 0 spiro atoms. The molecule has 168 valence electrons. The van der Waals surface area contributed by atoms with E-state index in [4.69, 9.17) is 11.6 Å². The average molecular weight is 489 g/mol. The lowest BCUT2D eigenvalue weighted by atomic mass is 10.2. The number of hydrogen-bond donors (Lipinski definition) is 2. The van der Waals surface area contributed by atoms with Crippen molar-refractivity contribution >= 4 is 39.7 Å². The van der Waals surface area contributed by atoms with E-state index in [9.17, 15) is 9.59 Å². The minimum absolute atomic E-state index is 0.104. The van der Waals surface area contributed by atoms with Gasteiger partial charge in [0, 0.05) is 33.9 Å². The lowest BCUT2D eigenvalue weighted by Gasteiger charge is -2.12. The minimum atomic E-state index is -0.323. The molecule has 3 heterocycles. The number of hydrogen-bond acceptors (Lipinski definition) is 7. The van der Waals surface area contributed by atoms with E-state index in [1.807, 2.05) is 23.6 Å². The number of carbonyl (C=O) groups is 1. The van der Waals surface area contributed by atoms with Gasteiger partial charge in [0.2, 0.25) is 0 Å². The Morgan fingerprint density at radius 3 is 2.56 bits per heavy atom. The van der Waals surface area contributed by atoms with E-state index in [2.05, 4.69) is 25.8 Å². The Morgan fingerprint density at radius 1 is 1.00 bits per heavy atom. The molecular weight excluding hydrogens is 472 g/mol. The molecule has 0 unspecified atom stereocenters. The summed E-state index contributed by atoms with van der Waals surface area (Å²) < 4.78 is 1.47. The number of pyridine rings is 1. The summed E-state index contributed by atoms with van der Waals surface area (Å²) in [6.07, 6.45) is 3.08. The van der Waals surface area contributed by atoms with Crippen molar-refractivity contribution in [1.29, 1.82) is 0 Å². The zero-order valence-corrected chi connectivity index (χ0v) is 19.2. The maximum absolute atomic E-state index is 13.4. The number of nitrogens with zero attached hydrogens (tertiary/aromatic N) is 4. The lowest BCUT2D eigenvalue weighted by Crippen LogP contribution is -2.38. The highest BCUT2D eigenvalue weighted by molar-refractivity contribution is 7.12. The van der Waals surface area contributed by atoms with Crippen molar-refractivity contribution in [2.75, 3.05) is 0 Å². The Labute approximate surface area is 202 Å². The number of halogens is 1. The number of thiazole rings is 1. The molecule has 0 bridgehead atoms. The Kier molecular flexibility index (Phi) is 6.13. The molecule has 5 aromatic rings. The third kappa shape index (κ3) is 4.44. The summed E-state index contributed by atoms with van der Waals surface area (Å²) >= 11 is 7.33. The van der Waals surface area contributed by atoms with E-state index in [0.29, 0.717) is 32.4 Å². The first-order chi connectivity index (χ1) is 16.6. The highest BCUT2D eigenvalue weighted by Crippen LogP contribution is 2.25. The summed E-state index contributed by atoms with van der Waals surface area (Å²) in [5.41, 5.74) is 7.89. The van der Waals surface area contributed by atoms with Crippen molar-refractivity contribution in [1.82, 2.24) is 30.4 Å². The van der Waals surface area contributed by atoms with Crippen LogP contribution in [0, 0.1) is 0 Å². The summed E-state index contributed by atoms with van der Waals surface area (Å²) in [6, 6.07) is 17.7. The third-order valence-electron chi connectivity index (χ3n) is 5.06. The van der Waals surface area contributed by atoms with E-state index < -0.39 is 0 Å². The molecule has 0 radical (unpaired) electrons. The summed E-state index contributed by atoms with van der Waals surface area (Å²) in [4.78, 5) is 39.0. The van der Waals surface area contributed by atoms with Crippen LogP contribution in [0.25, 0.3) is 27.3 Å². The number of benzene rings is 2. The minimum Gasteiger partial charge on any atom is -0.287 e. The highest BCUT2D eigenvalue weighted by atomic mass is 35.5. The highest BCUT2D eigenvalue weighted by Gasteiger charge is 2.16. The van der Waals surface area contributed by atoms with Crippen molar-refractivity contribution < 1.29 is 4.79 Å². The zero-order valence-electron chi connectivity index (χ0n) is 17.6. The number of aromatic nitrogens is 4. The van der Waals surface area contributed by atoms with E-state index in [-0.39, 0.29) is 18.0 Å². The van der Waals surface area contributed by atoms with Gasteiger partial charge in [-0.25, -0.2) is 20.0 Å². The molecule has 1 amide bonds. The molecule has 0 saturated carbocycles. The Morgan fingerprint density at radius 2 is 1.76 bits per heavy atom. The zero-order chi connectivity index (χ0) is 23.5. The van der Waals surface area contributed by atoms with Crippen LogP contribution in [0.1, 0.15) is 16.2 Å². The Hall–Kier alpha value is -3.92. The van der Waals surface area contributed by atoms with Gasteiger partial charge in [0.15, 0.2) is 5.13 Å². The number of fused-ring (bicyclic) bond motifs is 1. The summed E-state index contributed by atoms with van der Waals surface area (Å²) in [5, 5.41) is 3.47. The fraction of sp³-hybridized carbons (Fsp3) is 0.0417. The van der Waals surface area contributed by atoms with E-state index >= 15 is 0 Å². The Bertz CT molecular complexity index is 1530. The molecule has 0 aliphatic heterocycles. The van der Waals surface area contributed by atoms with Crippen molar-refractivity contribution in [2.24, 2.45) is 0 Å². The van der Waals surface area contributed by atoms with Crippen molar-refractivity contribution in [3.63, 3.8) is 0 Å². The fourth-order valence-corrected chi connectivity index (χ4v) is 4.37. The normalized spacial score (nSPS) is 11.0. The Balaban J connectivity index is 1.49.